The second-order valence-corrected chi connectivity index (χ2v) is 5.90. The molecule has 2 fully saturated rings. The Labute approximate surface area is 128 Å². The van der Waals surface area contributed by atoms with Crippen LogP contribution in [0.1, 0.15) is 10.5 Å². The van der Waals surface area contributed by atoms with Crippen LogP contribution in [0.25, 0.3) is 0 Å². The fourth-order valence-electron chi connectivity index (χ4n) is 3.43. The molecule has 4 heterocycles. The maximum absolute atomic E-state index is 12.5. The number of hydrogen-bond acceptors (Lipinski definition) is 5. The maximum Gasteiger partial charge on any atom is 0.272 e. The van der Waals surface area contributed by atoms with Gasteiger partial charge in [0.15, 0.2) is 0 Å². The molecular weight excluding hydrogens is 278 g/mol. The van der Waals surface area contributed by atoms with Gasteiger partial charge in [-0.2, -0.15) is 0 Å². The average Bonchev–Trinajstić information content (AvgIpc) is 3.15. The van der Waals surface area contributed by atoms with Crippen LogP contribution in [0.2, 0.25) is 0 Å². The molecule has 6 heteroatoms. The first kappa shape index (κ1) is 13.2. The quantitative estimate of drug-likeness (QED) is 0.829. The van der Waals surface area contributed by atoms with Crippen molar-refractivity contribution in [2.75, 3.05) is 31.1 Å². The number of aromatic nitrogens is 3. The molecule has 2 aliphatic rings. The summed E-state index contributed by atoms with van der Waals surface area (Å²) in [7, 11) is 0. The molecule has 0 N–H and O–H groups in total. The van der Waals surface area contributed by atoms with Crippen molar-refractivity contribution in [3.63, 3.8) is 0 Å². The number of amides is 1. The van der Waals surface area contributed by atoms with Crippen molar-refractivity contribution in [1.29, 1.82) is 0 Å². The van der Waals surface area contributed by atoms with E-state index >= 15 is 0 Å². The SMILES string of the molecule is O=C(c1ccccn1)N1C[C@H]2CN(c3ncccn3)C[C@@H]2C1. The Kier molecular flexibility index (Phi) is 3.21. The first-order valence-corrected chi connectivity index (χ1v) is 7.53. The van der Waals surface area contributed by atoms with Crippen molar-refractivity contribution < 1.29 is 4.79 Å². The minimum absolute atomic E-state index is 0.0394. The van der Waals surface area contributed by atoms with Gasteiger partial charge in [-0.25, -0.2) is 9.97 Å². The lowest BCUT2D eigenvalue weighted by molar-refractivity contribution is 0.0777. The highest BCUT2D eigenvalue weighted by molar-refractivity contribution is 5.92. The molecule has 0 unspecified atom stereocenters. The van der Waals surface area contributed by atoms with Crippen molar-refractivity contribution in [2.24, 2.45) is 11.8 Å². The van der Waals surface area contributed by atoms with Gasteiger partial charge < -0.3 is 9.80 Å². The predicted molar refractivity (Wildman–Crippen MR) is 81.4 cm³/mol. The van der Waals surface area contributed by atoms with Gasteiger partial charge in [0.1, 0.15) is 5.69 Å². The summed E-state index contributed by atoms with van der Waals surface area (Å²) in [6.45, 7) is 3.42. The molecular formula is C16H17N5O. The van der Waals surface area contributed by atoms with E-state index in [1.807, 2.05) is 23.1 Å². The van der Waals surface area contributed by atoms with Gasteiger partial charge in [-0.1, -0.05) is 6.07 Å². The number of fused-ring (bicyclic) bond motifs is 1. The third-order valence-electron chi connectivity index (χ3n) is 4.49. The lowest BCUT2D eigenvalue weighted by Crippen LogP contribution is -2.34. The number of hydrogen-bond donors (Lipinski definition) is 0. The molecule has 1 amide bonds. The predicted octanol–water partition coefficient (Wildman–Crippen LogP) is 1.08. The molecule has 0 aromatic carbocycles. The van der Waals surface area contributed by atoms with Crippen LogP contribution in [0.15, 0.2) is 42.9 Å². The van der Waals surface area contributed by atoms with Gasteiger partial charge in [0, 0.05) is 56.6 Å². The van der Waals surface area contributed by atoms with Gasteiger partial charge in [-0.15, -0.1) is 0 Å². The van der Waals surface area contributed by atoms with E-state index in [2.05, 4.69) is 19.9 Å². The lowest BCUT2D eigenvalue weighted by Gasteiger charge is -2.21. The lowest BCUT2D eigenvalue weighted by atomic mass is 10.0. The van der Waals surface area contributed by atoms with Gasteiger partial charge >= 0.3 is 0 Å². The molecule has 2 saturated heterocycles. The van der Waals surface area contributed by atoms with Crippen LogP contribution in [-0.4, -0.2) is 51.9 Å². The molecule has 0 bridgehead atoms. The normalized spacial score (nSPS) is 23.6. The number of carbonyl (C=O) groups is 1. The van der Waals surface area contributed by atoms with E-state index in [1.54, 1.807) is 24.7 Å². The second-order valence-electron chi connectivity index (χ2n) is 5.90. The number of anilines is 1. The summed E-state index contributed by atoms with van der Waals surface area (Å²) in [6.07, 6.45) is 5.21. The first-order chi connectivity index (χ1) is 10.8. The van der Waals surface area contributed by atoms with Crippen molar-refractivity contribution in [2.45, 2.75) is 0 Å². The van der Waals surface area contributed by atoms with Crippen LogP contribution in [-0.2, 0) is 0 Å². The number of likely N-dealkylation sites (tertiary alicyclic amines) is 1. The minimum Gasteiger partial charge on any atom is -0.340 e. The zero-order valence-corrected chi connectivity index (χ0v) is 12.2. The largest absolute Gasteiger partial charge is 0.340 e. The molecule has 0 radical (unpaired) electrons. The number of rotatable bonds is 2. The van der Waals surface area contributed by atoms with Crippen molar-refractivity contribution in [3.05, 3.63) is 48.5 Å². The number of pyridine rings is 1. The van der Waals surface area contributed by atoms with Gasteiger partial charge in [0.2, 0.25) is 5.95 Å². The highest BCUT2D eigenvalue weighted by atomic mass is 16.2. The summed E-state index contributed by atoms with van der Waals surface area (Å²) in [4.78, 5) is 29.4. The summed E-state index contributed by atoms with van der Waals surface area (Å²) in [5.74, 6) is 1.82. The standard InChI is InChI=1S/C16H17N5O/c22-15(14-4-1-2-5-17-14)20-8-12-10-21(11-13(12)9-20)16-18-6-3-7-19-16/h1-7,12-13H,8-11H2/t12-,13-/m0/s1. The highest BCUT2D eigenvalue weighted by Gasteiger charge is 2.42. The van der Waals surface area contributed by atoms with Crippen LogP contribution >= 0.6 is 0 Å². The third-order valence-corrected chi connectivity index (χ3v) is 4.49. The molecule has 0 saturated carbocycles. The van der Waals surface area contributed by atoms with Crippen LogP contribution < -0.4 is 4.90 Å². The van der Waals surface area contributed by atoms with E-state index in [0.29, 0.717) is 17.5 Å². The molecule has 22 heavy (non-hydrogen) atoms. The van der Waals surface area contributed by atoms with E-state index in [9.17, 15) is 4.79 Å². The Morgan fingerprint density at radius 2 is 1.59 bits per heavy atom. The van der Waals surface area contributed by atoms with Gasteiger partial charge in [-0.3, -0.25) is 9.78 Å². The second kappa shape index (κ2) is 5.36. The smallest absolute Gasteiger partial charge is 0.272 e. The van der Waals surface area contributed by atoms with Crippen LogP contribution in [0.5, 0.6) is 0 Å². The zero-order valence-electron chi connectivity index (χ0n) is 12.2. The molecule has 0 spiro atoms. The van der Waals surface area contributed by atoms with E-state index in [-0.39, 0.29) is 5.91 Å². The molecule has 2 aromatic rings. The van der Waals surface area contributed by atoms with E-state index in [4.69, 9.17) is 0 Å². The Morgan fingerprint density at radius 1 is 0.909 bits per heavy atom. The van der Waals surface area contributed by atoms with Crippen molar-refractivity contribution >= 4 is 11.9 Å². The Morgan fingerprint density at radius 3 is 2.23 bits per heavy atom. The molecule has 4 rings (SSSR count). The zero-order chi connectivity index (χ0) is 14.9. The molecule has 112 valence electrons. The van der Waals surface area contributed by atoms with Crippen LogP contribution in [0.4, 0.5) is 5.95 Å². The van der Waals surface area contributed by atoms with Crippen LogP contribution in [0.3, 0.4) is 0 Å². The third kappa shape index (κ3) is 2.30. The van der Waals surface area contributed by atoms with Gasteiger partial charge in [0.05, 0.1) is 0 Å². The molecule has 2 atom stereocenters. The molecule has 0 aliphatic carbocycles. The average molecular weight is 295 g/mol. The monoisotopic (exact) mass is 295 g/mol. The summed E-state index contributed by atoms with van der Waals surface area (Å²) in [5.41, 5.74) is 0.533. The molecule has 2 aromatic heterocycles. The van der Waals surface area contributed by atoms with Crippen LogP contribution in [0, 0.1) is 11.8 Å². The minimum atomic E-state index is 0.0394. The van der Waals surface area contributed by atoms with E-state index < -0.39 is 0 Å². The Hall–Kier alpha value is -2.50. The topological polar surface area (TPSA) is 62.2 Å². The van der Waals surface area contributed by atoms with Gasteiger partial charge in [-0.05, 0) is 18.2 Å². The fourth-order valence-corrected chi connectivity index (χ4v) is 3.43. The van der Waals surface area contributed by atoms with E-state index in [1.165, 1.54) is 0 Å². The van der Waals surface area contributed by atoms with E-state index in [0.717, 1.165) is 32.1 Å². The van der Waals surface area contributed by atoms with Gasteiger partial charge in [0.25, 0.3) is 5.91 Å². The molecule has 6 nitrogen and oxygen atoms in total. The summed E-state index contributed by atoms with van der Waals surface area (Å²) < 4.78 is 0. The fraction of sp³-hybridized carbons (Fsp3) is 0.375. The number of carbonyl (C=O) groups excluding carboxylic acids is 1. The first-order valence-electron chi connectivity index (χ1n) is 7.53. The summed E-state index contributed by atoms with van der Waals surface area (Å²) in [5, 5.41) is 0. The Bertz CT molecular complexity index is 649. The molecule has 2 aliphatic heterocycles. The summed E-state index contributed by atoms with van der Waals surface area (Å²) in [6, 6.07) is 7.28. The number of nitrogens with zero attached hydrogens (tertiary/aromatic N) is 5. The summed E-state index contributed by atoms with van der Waals surface area (Å²) >= 11 is 0. The maximum atomic E-state index is 12.5. The Balaban J connectivity index is 1.43. The highest BCUT2D eigenvalue weighted by Crippen LogP contribution is 2.33. The van der Waals surface area contributed by atoms with Crippen molar-refractivity contribution in [1.82, 2.24) is 19.9 Å². The van der Waals surface area contributed by atoms with Crippen molar-refractivity contribution in [3.8, 4) is 0 Å².